The summed E-state index contributed by atoms with van der Waals surface area (Å²) in [7, 11) is 0. The minimum absolute atomic E-state index is 0.249. The van der Waals surface area contributed by atoms with Gasteiger partial charge in [-0.25, -0.2) is 14.6 Å². The average molecular weight is 391 g/mol. The molecule has 0 radical (unpaired) electrons. The van der Waals surface area contributed by atoms with Crippen LogP contribution in [-0.2, 0) is 16.0 Å². The zero-order chi connectivity index (χ0) is 20.9. The van der Waals surface area contributed by atoms with Crippen LogP contribution in [0.5, 0.6) is 5.75 Å². The number of hydrogen-bond acceptors (Lipinski definition) is 6. The van der Waals surface area contributed by atoms with E-state index >= 15 is 0 Å². The Morgan fingerprint density at radius 2 is 1.89 bits per heavy atom. The number of aryl methyl sites for hydroxylation is 1. The molecule has 2 aromatic rings. The monoisotopic (exact) mass is 391 g/mol. The van der Waals surface area contributed by atoms with Crippen LogP contribution in [0.25, 0.3) is 11.0 Å². The third-order valence-electron chi connectivity index (χ3n) is 3.87. The predicted octanol–water partition coefficient (Wildman–Crippen LogP) is 4.27. The molecular weight excluding hydrogens is 362 g/mol. The second kappa shape index (κ2) is 8.50. The first kappa shape index (κ1) is 21.5. The van der Waals surface area contributed by atoms with Gasteiger partial charge in [-0.15, -0.1) is 0 Å². The molecule has 0 atom stereocenters. The van der Waals surface area contributed by atoms with Crippen molar-refractivity contribution in [2.75, 3.05) is 6.61 Å². The number of ether oxygens (including phenoxy) is 3. The SMILES string of the molecule is CCOC(=O)Oc1ccc2ncn(CCC(C)(C)NC(=O)OC(C)(C)C)c2c1. The first-order chi connectivity index (χ1) is 13.0. The highest BCUT2D eigenvalue weighted by Crippen LogP contribution is 2.22. The molecule has 1 amide bonds. The maximum absolute atomic E-state index is 12.0. The number of carbonyl (C=O) groups is 2. The molecule has 1 N–H and O–H groups in total. The summed E-state index contributed by atoms with van der Waals surface area (Å²) in [5.41, 5.74) is 0.595. The average Bonchev–Trinajstić information content (AvgIpc) is 2.93. The first-order valence-corrected chi connectivity index (χ1v) is 9.30. The van der Waals surface area contributed by atoms with Crippen LogP contribution in [0.4, 0.5) is 9.59 Å². The maximum Gasteiger partial charge on any atom is 0.513 e. The highest BCUT2D eigenvalue weighted by molar-refractivity contribution is 5.78. The lowest BCUT2D eigenvalue weighted by Gasteiger charge is -2.28. The third-order valence-corrected chi connectivity index (χ3v) is 3.87. The van der Waals surface area contributed by atoms with Crippen molar-refractivity contribution in [2.24, 2.45) is 0 Å². The van der Waals surface area contributed by atoms with Gasteiger partial charge >= 0.3 is 12.2 Å². The Morgan fingerprint density at radius 3 is 2.54 bits per heavy atom. The van der Waals surface area contributed by atoms with E-state index in [2.05, 4.69) is 10.3 Å². The number of nitrogens with zero attached hydrogens (tertiary/aromatic N) is 2. The van der Waals surface area contributed by atoms with Gasteiger partial charge in [0.05, 0.1) is 24.0 Å². The standard InChI is InChI=1S/C20H29N3O5/c1-7-26-18(25)27-14-8-9-15-16(12-14)23(13-21-15)11-10-20(5,6)22-17(24)28-19(2,3)4/h8-9,12-13H,7,10-11H2,1-6H3,(H,22,24). The van der Waals surface area contributed by atoms with Crippen LogP contribution in [0, 0.1) is 0 Å². The Balaban J connectivity index is 2.05. The molecule has 1 aromatic carbocycles. The van der Waals surface area contributed by atoms with E-state index in [9.17, 15) is 9.59 Å². The molecule has 0 saturated heterocycles. The van der Waals surface area contributed by atoms with Gasteiger partial charge in [-0.1, -0.05) is 0 Å². The Morgan fingerprint density at radius 1 is 1.18 bits per heavy atom. The quantitative estimate of drug-likeness (QED) is 0.584. The normalized spacial score (nSPS) is 11.9. The fourth-order valence-electron chi connectivity index (χ4n) is 2.56. The highest BCUT2D eigenvalue weighted by Gasteiger charge is 2.24. The van der Waals surface area contributed by atoms with Crippen molar-refractivity contribution in [1.82, 2.24) is 14.9 Å². The van der Waals surface area contributed by atoms with Gasteiger partial charge < -0.3 is 24.1 Å². The molecule has 0 bridgehead atoms. The van der Waals surface area contributed by atoms with Gasteiger partial charge in [-0.3, -0.25) is 0 Å². The Hall–Kier alpha value is -2.77. The van der Waals surface area contributed by atoms with Crippen molar-refractivity contribution in [3.05, 3.63) is 24.5 Å². The van der Waals surface area contributed by atoms with Gasteiger partial charge in [0, 0.05) is 18.2 Å². The van der Waals surface area contributed by atoms with E-state index in [1.165, 1.54) is 0 Å². The van der Waals surface area contributed by atoms with E-state index in [-0.39, 0.29) is 6.61 Å². The van der Waals surface area contributed by atoms with Gasteiger partial charge in [0.1, 0.15) is 11.4 Å². The summed E-state index contributed by atoms with van der Waals surface area (Å²) in [5, 5.41) is 2.89. The van der Waals surface area contributed by atoms with Crippen molar-refractivity contribution < 1.29 is 23.8 Å². The minimum Gasteiger partial charge on any atom is -0.444 e. The summed E-state index contributed by atoms with van der Waals surface area (Å²) in [4.78, 5) is 27.9. The van der Waals surface area contributed by atoms with Gasteiger partial charge in [0.15, 0.2) is 0 Å². The second-order valence-electron chi connectivity index (χ2n) is 8.13. The first-order valence-electron chi connectivity index (χ1n) is 9.30. The Kier molecular flexibility index (Phi) is 6.53. The zero-order valence-electron chi connectivity index (χ0n) is 17.4. The van der Waals surface area contributed by atoms with Crippen LogP contribution in [0.2, 0.25) is 0 Å². The fourth-order valence-corrected chi connectivity index (χ4v) is 2.56. The van der Waals surface area contributed by atoms with Gasteiger partial charge in [0.25, 0.3) is 0 Å². The molecule has 1 heterocycles. The molecule has 154 valence electrons. The Labute approximate surface area is 165 Å². The third kappa shape index (κ3) is 6.44. The smallest absolute Gasteiger partial charge is 0.444 e. The maximum atomic E-state index is 12.0. The van der Waals surface area contributed by atoms with Crippen molar-refractivity contribution in [1.29, 1.82) is 0 Å². The molecule has 8 nitrogen and oxygen atoms in total. The van der Waals surface area contributed by atoms with E-state index in [1.807, 2.05) is 39.2 Å². The van der Waals surface area contributed by atoms with Crippen molar-refractivity contribution in [2.45, 2.75) is 65.6 Å². The molecule has 0 unspecified atom stereocenters. The number of amides is 1. The lowest BCUT2D eigenvalue weighted by Crippen LogP contribution is -2.46. The van der Waals surface area contributed by atoms with E-state index in [0.717, 1.165) is 11.0 Å². The largest absolute Gasteiger partial charge is 0.513 e. The van der Waals surface area contributed by atoms with E-state index in [1.54, 1.807) is 31.5 Å². The number of nitrogens with one attached hydrogen (secondary N) is 1. The molecule has 0 aliphatic rings. The number of hydrogen-bond donors (Lipinski definition) is 1. The molecule has 2 rings (SSSR count). The number of imidazole rings is 1. The summed E-state index contributed by atoms with van der Waals surface area (Å²) < 4.78 is 17.2. The molecule has 0 aliphatic carbocycles. The predicted molar refractivity (Wildman–Crippen MR) is 105 cm³/mol. The van der Waals surface area contributed by atoms with Crippen LogP contribution in [0.3, 0.4) is 0 Å². The highest BCUT2D eigenvalue weighted by atomic mass is 16.7. The molecule has 1 aromatic heterocycles. The number of benzene rings is 1. The zero-order valence-corrected chi connectivity index (χ0v) is 17.4. The topological polar surface area (TPSA) is 91.7 Å². The molecule has 0 aliphatic heterocycles. The van der Waals surface area contributed by atoms with Gasteiger partial charge in [-0.05, 0) is 60.1 Å². The number of fused-ring (bicyclic) bond motifs is 1. The Bertz CT molecular complexity index is 836. The van der Waals surface area contributed by atoms with Crippen molar-refractivity contribution >= 4 is 23.3 Å². The van der Waals surface area contributed by atoms with E-state index in [0.29, 0.717) is 18.7 Å². The lowest BCUT2D eigenvalue weighted by atomic mass is 10.0. The van der Waals surface area contributed by atoms with Crippen LogP contribution in [0.15, 0.2) is 24.5 Å². The summed E-state index contributed by atoms with van der Waals surface area (Å²) in [6.45, 7) is 11.9. The fraction of sp³-hybridized carbons (Fsp3) is 0.550. The molecule has 28 heavy (non-hydrogen) atoms. The molecule has 0 saturated carbocycles. The van der Waals surface area contributed by atoms with Crippen molar-refractivity contribution in [3.8, 4) is 5.75 Å². The van der Waals surface area contributed by atoms with Crippen molar-refractivity contribution in [3.63, 3.8) is 0 Å². The summed E-state index contributed by atoms with van der Waals surface area (Å²) in [5.74, 6) is 0.388. The molecule has 0 fully saturated rings. The van der Waals surface area contributed by atoms with Crippen LogP contribution in [-0.4, -0.2) is 39.5 Å². The van der Waals surface area contributed by atoms with E-state index in [4.69, 9.17) is 14.2 Å². The van der Waals surface area contributed by atoms with Crippen LogP contribution in [0.1, 0.15) is 48.0 Å². The summed E-state index contributed by atoms with van der Waals surface area (Å²) >= 11 is 0. The summed E-state index contributed by atoms with van der Waals surface area (Å²) in [6, 6.07) is 5.20. The minimum atomic E-state index is -0.740. The van der Waals surface area contributed by atoms with Crippen LogP contribution < -0.4 is 10.1 Å². The number of carbonyl (C=O) groups excluding carboxylic acids is 2. The molecular formula is C20H29N3O5. The molecule has 0 spiro atoms. The summed E-state index contributed by atoms with van der Waals surface area (Å²) in [6.07, 6.45) is 1.19. The molecule has 8 heteroatoms. The number of alkyl carbamates (subject to hydrolysis) is 1. The second-order valence-corrected chi connectivity index (χ2v) is 8.13. The number of rotatable bonds is 6. The number of aromatic nitrogens is 2. The van der Waals surface area contributed by atoms with Gasteiger partial charge in [-0.2, -0.15) is 0 Å². The van der Waals surface area contributed by atoms with Gasteiger partial charge in [0.2, 0.25) is 0 Å². The van der Waals surface area contributed by atoms with E-state index < -0.39 is 23.4 Å². The lowest BCUT2D eigenvalue weighted by molar-refractivity contribution is 0.0466. The van der Waals surface area contributed by atoms with Crippen LogP contribution >= 0.6 is 0 Å².